The maximum Gasteiger partial charge on any atom is 0.225 e. The first-order valence-electron chi connectivity index (χ1n) is 5.17. The monoisotopic (exact) mass is 200 g/mol. The van der Waals surface area contributed by atoms with Crippen LogP contribution < -0.4 is 5.73 Å². The summed E-state index contributed by atoms with van der Waals surface area (Å²) in [5.41, 5.74) is 5.46. The quantitative estimate of drug-likeness (QED) is 0.697. The number of rotatable bonds is 5. The van der Waals surface area contributed by atoms with Gasteiger partial charge < -0.3 is 15.4 Å². The fourth-order valence-corrected chi connectivity index (χ4v) is 1.58. The van der Waals surface area contributed by atoms with Crippen LogP contribution >= 0.6 is 0 Å². The van der Waals surface area contributed by atoms with Crippen LogP contribution in [-0.2, 0) is 9.53 Å². The van der Waals surface area contributed by atoms with Crippen LogP contribution in [-0.4, -0.2) is 43.7 Å². The Hall–Kier alpha value is -0.610. The van der Waals surface area contributed by atoms with Crippen molar-refractivity contribution in [3.8, 4) is 0 Å². The Balaban J connectivity index is 2.32. The molecular weight excluding hydrogens is 180 g/mol. The minimum atomic E-state index is -0.134. The SMILES string of the molecule is COC(CN)CC(=O)N(C)C1CCC1. The van der Waals surface area contributed by atoms with Gasteiger partial charge in [-0.2, -0.15) is 0 Å². The normalized spacial score (nSPS) is 18.8. The summed E-state index contributed by atoms with van der Waals surface area (Å²) in [5, 5.41) is 0. The zero-order valence-electron chi connectivity index (χ0n) is 9.03. The van der Waals surface area contributed by atoms with E-state index in [0.29, 0.717) is 19.0 Å². The molecule has 0 heterocycles. The molecule has 1 rings (SSSR count). The summed E-state index contributed by atoms with van der Waals surface area (Å²) in [6.07, 6.45) is 3.79. The van der Waals surface area contributed by atoms with Crippen molar-refractivity contribution in [3.05, 3.63) is 0 Å². The molecule has 1 unspecified atom stereocenters. The molecule has 0 radical (unpaired) electrons. The molecule has 2 N–H and O–H groups in total. The van der Waals surface area contributed by atoms with Crippen LogP contribution in [0.5, 0.6) is 0 Å². The third kappa shape index (κ3) is 2.69. The Labute approximate surface area is 85.4 Å². The molecule has 4 nitrogen and oxygen atoms in total. The highest BCUT2D eigenvalue weighted by Gasteiger charge is 2.26. The molecule has 82 valence electrons. The molecule has 0 aromatic rings. The van der Waals surface area contributed by atoms with Crippen molar-refractivity contribution in [1.29, 1.82) is 0 Å². The van der Waals surface area contributed by atoms with Crippen molar-refractivity contribution in [1.82, 2.24) is 4.90 Å². The summed E-state index contributed by atoms with van der Waals surface area (Å²) in [5.74, 6) is 0.145. The number of nitrogens with zero attached hydrogens (tertiary/aromatic N) is 1. The van der Waals surface area contributed by atoms with Crippen molar-refractivity contribution < 1.29 is 9.53 Å². The number of methoxy groups -OCH3 is 1. The predicted octanol–water partition coefficient (Wildman–Crippen LogP) is 0.361. The molecule has 0 saturated heterocycles. The molecule has 14 heavy (non-hydrogen) atoms. The molecule has 0 bridgehead atoms. The minimum absolute atomic E-state index is 0.134. The van der Waals surface area contributed by atoms with Gasteiger partial charge in [0, 0.05) is 26.7 Å². The fourth-order valence-electron chi connectivity index (χ4n) is 1.58. The summed E-state index contributed by atoms with van der Waals surface area (Å²) in [7, 11) is 3.46. The van der Waals surface area contributed by atoms with Crippen LogP contribution in [0.3, 0.4) is 0 Å². The third-order valence-electron chi connectivity index (χ3n) is 3.01. The van der Waals surface area contributed by atoms with E-state index in [9.17, 15) is 4.79 Å². The van der Waals surface area contributed by atoms with Crippen LogP contribution in [0.25, 0.3) is 0 Å². The van der Waals surface area contributed by atoms with Gasteiger partial charge in [0.1, 0.15) is 0 Å². The highest BCUT2D eigenvalue weighted by atomic mass is 16.5. The Kier molecular flexibility index (Phi) is 4.35. The van der Waals surface area contributed by atoms with Crippen LogP contribution in [0.2, 0.25) is 0 Å². The van der Waals surface area contributed by atoms with Crippen molar-refractivity contribution >= 4 is 5.91 Å². The van der Waals surface area contributed by atoms with Gasteiger partial charge in [-0.05, 0) is 19.3 Å². The summed E-state index contributed by atoms with van der Waals surface area (Å²) in [6, 6.07) is 0.456. The molecule has 0 aromatic heterocycles. The number of ether oxygens (including phenoxy) is 1. The lowest BCUT2D eigenvalue weighted by atomic mass is 9.91. The van der Waals surface area contributed by atoms with Gasteiger partial charge in [0.15, 0.2) is 0 Å². The topological polar surface area (TPSA) is 55.6 Å². The number of amides is 1. The van der Waals surface area contributed by atoms with Crippen molar-refractivity contribution in [2.75, 3.05) is 20.7 Å². The van der Waals surface area contributed by atoms with E-state index in [1.807, 2.05) is 11.9 Å². The molecule has 1 amide bonds. The van der Waals surface area contributed by atoms with Crippen LogP contribution in [0.1, 0.15) is 25.7 Å². The number of hydrogen-bond acceptors (Lipinski definition) is 3. The smallest absolute Gasteiger partial charge is 0.225 e. The first-order valence-corrected chi connectivity index (χ1v) is 5.17. The largest absolute Gasteiger partial charge is 0.380 e. The fraction of sp³-hybridized carbons (Fsp3) is 0.900. The average molecular weight is 200 g/mol. The van der Waals surface area contributed by atoms with Crippen LogP contribution in [0, 0.1) is 0 Å². The van der Waals surface area contributed by atoms with Gasteiger partial charge in [0.05, 0.1) is 12.5 Å². The van der Waals surface area contributed by atoms with Gasteiger partial charge in [0.25, 0.3) is 0 Å². The Morgan fingerprint density at radius 3 is 2.64 bits per heavy atom. The second-order valence-electron chi connectivity index (χ2n) is 3.89. The van der Waals surface area contributed by atoms with E-state index in [2.05, 4.69) is 0 Å². The number of carbonyl (C=O) groups is 1. The van der Waals surface area contributed by atoms with E-state index in [0.717, 1.165) is 12.8 Å². The van der Waals surface area contributed by atoms with Gasteiger partial charge in [-0.3, -0.25) is 4.79 Å². The molecule has 4 heteroatoms. The van der Waals surface area contributed by atoms with E-state index < -0.39 is 0 Å². The summed E-state index contributed by atoms with van der Waals surface area (Å²) in [4.78, 5) is 13.5. The molecule has 0 aliphatic heterocycles. The Morgan fingerprint density at radius 1 is 1.64 bits per heavy atom. The number of nitrogens with two attached hydrogens (primary N) is 1. The number of carbonyl (C=O) groups excluding carboxylic acids is 1. The molecule has 1 aliphatic rings. The minimum Gasteiger partial charge on any atom is -0.380 e. The highest BCUT2D eigenvalue weighted by Crippen LogP contribution is 2.24. The van der Waals surface area contributed by atoms with E-state index in [1.165, 1.54) is 6.42 Å². The van der Waals surface area contributed by atoms with E-state index >= 15 is 0 Å². The second-order valence-corrected chi connectivity index (χ2v) is 3.89. The van der Waals surface area contributed by atoms with Crippen molar-refractivity contribution in [2.45, 2.75) is 37.8 Å². The zero-order chi connectivity index (χ0) is 10.6. The van der Waals surface area contributed by atoms with Crippen LogP contribution in [0.4, 0.5) is 0 Å². The molecule has 0 spiro atoms. The molecule has 0 aromatic carbocycles. The Bertz CT molecular complexity index is 189. The standard InChI is InChI=1S/C10H20N2O2/c1-12(8-4-3-5-8)10(13)6-9(7-11)14-2/h8-9H,3-7,11H2,1-2H3. The summed E-state index contributed by atoms with van der Waals surface area (Å²) < 4.78 is 5.08. The third-order valence-corrected chi connectivity index (χ3v) is 3.01. The van der Waals surface area contributed by atoms with Crippen molar-refractivity contribution in [2.24, 2.45) is 5.73 Å². The van der Waals surface area contributed by atoms with Gasteiger partial charge >= 0.3 is 0 Å². The van der Waals surface area contributed by atoms with E-state index in [1.54, 1.807) is 7.11 Å². The second kappa shape index (κ2) is 5.32. The summed E-state index contributed by atoms with van der Waals surface area (Å²) in [6.45, 7) is 0.404. The predicted molar refractivity (Wildman–Crippen MR) is 54.9 cm³/mol. The van der Waals surface area contributed by atoms with Gasteiger partial charge in [0.2, 0.25) is 5.91 Å². The highest BCUT2D eigenvalue weighted by molar-refractivity contribution is 5.76. The summed E-state index contributed by atoms with van der Waals surface area (Å²) >= 11 is 0. The zero-order valence-corrected chi connectivity index (χ0v) is 9.03. The number of hydrogen-bond donors (Lipinski definition) is 1. The lowest BCUT2D eigenvalue weighted by Crippen LogP contribution is -2.43. The van der Waals surface area contributed by atoms with Gasteiger partial charge in [-0.25, -0.2) is 0 Å². The van der Waals surface area contributed by atoms with Gasteiger partial charge in [-0.1, -0.05) is 0 Å². The van der Waals surface area contributed by atoms with Gasteiger partial charge in [-0.15, -0.1) is 0 Å². The maximum atomic E-state index is 11.7. The molecule has 1 fully saturated rings. The average Bonchev–Trinajstić information content (AvgIpc) is 2.10. The lowest BCUT2D eigenvalue weighted by molar-refractivity contribution is -0.135. The van der Waals surface area contributed by atoms with Crippen LogP contribution in [0.15, 0.2) is 0 Å². The lowest BCUT2D eigenvalue weighted by Gasteiger charge is -2.35. The van der Waals surface area contributed by atoms with E-state index in [-0.39, 0.29) is 12.0 Å². The Morgan fingerprint density at radius 2 is 2.29 bits per heavy atom. The molecule has 1 aliphatic carbocycles. The first-order chi connectivity index (χ1) is 6.69. The maximum absolute atomic E-state index is 11.7. The first kappa shape index (κ1) is 11.5. The molecule has 1 saturated carbocycles. The van der Waals surface area contributed by atoms with Crippen molar-refractivity contribution in [3.63, 3.8) is 0 Å². The van der Waals surface area contributed by atoms with E-state index in [4.69, 9.17) is 10.5 Å². The molecule has 1 atom stereocenters. The molecular formula is C10H20N2O2.